The first-order chi connectivity index (χ1) is 11.7. The minimum absolute atomic E-state index is 0.185. The van der Waals surface area contributed by atoms with Gasteiger partial charge in [0.05, 0.1) is 0 Å². The van der Waals surface area contributed by atoms with E-state index in [2.05, 4.69) is 25.6 Å². The predicted octanol–water partition coefficient (Wildman–Crippen LogP) is 1.09. The number of para-hydroxylation sites is 1. The van der Waals surface area contributed by atoms with Crippen LogP contribution in [0.15, 0.2) is 48.6 Å². The molecular weight excluding hydrogens is 306 g/mol. The Morgan fingerprint density at radius 2 is 2.04 bits per heavy atom. The molecule has 2 aromatic heterocycles. The van der Waals surface area contributed by atoms with Crippen LogP contribution in [-0.2, 0) is 16.0 Å². The zero-order valence-corrected chi connectivity index (χ0v) is 12.7. The number of piperazine rings is 1. The summed E-state index contributed by atoms with van der Waals surface area (Å²) in [7, 11) is 0. The van der Waals surface area contributed by atoms with E-state index in [-0.39, 0.29) is 17.5 Å². The Morgan fingerprint density at radius 3 is 2.88 bits per heavy atom. The largest absolute Gasteiger partial charge is 0.361 e. The van der Waals surface area contributed by atoms with Crippen molar-refractivity contribution in [2.75, 3.05) is 0 Å². The molecule has 3 aromatic rings. The quantitative estimate of drug-likeness (QED) is 0.543. The van der Waals surface area contributed by atoms with Crippen LogP contribution in [0.5, 0.6) is 0 Å². The molecule has 1 saturated heterocycles. The van der Waals surface area contributed by atoms with Gasteiger partial charge in [0.15, 0.2) is 0 Å². The van der Waals surface area contributed by atoms with E-state index < -0.39 is 6.04 Å². The number of aromatic amines is 2. The van der Waals surface area contributed by atoms with Gasteiger partial charge in [-0.3, -0.25) is 9.59 Å². The van der Waals surface area contributed by atoms with Crippen molar-refractivity contribution in [3.63, 3.8) is 0 Å². The van der Waals surface area contributed by atoms with Crippen LogP contribution >= 0.6 is 0 Å². The highest BCUT2D eigenvalue weighted by atomic mass is 16.2. The fraction of sp³-hybridized carbons (Fsp3) is 0.118. The lowest BCUT2D eigenvalue weighted by molar-refractivity contribution is -0.131. The Kier molecular flexibility index (Phi) is 3.38. The van der Waals surface area contributed by atoms with Gasteiger partial charge in [0.25, 0.3) is 5.91 Å². The number of hydrogen-bond acceptors (Lipinski definition) is 3. The molecule has 0 radical (unpaired) electrons. The number of fused-ring (bicyclic) bond motifs is 1. The zero-order valence-electron chi connectivity index (χ0n) is 12.7. The molecule has 0 aliphatic carbocycles. The molecule has 1 aliphatic rings. The van der Waals surface area contributed by atoms with E-state index >= 15 is 0 Å². The lowest BCUT2D eigenvalue weighted by Crippen LogP contribution is -2.55. The van der Waals surface area contributed by atoms with Gasteiger partial charge in [-0.05, 0) is 11.6 Å². The lowest BCUT2D eigenvalue weighted by atomic mass is 10.0. The molecule has 24 heavy (non-hydrogen) atoms. The molecule has 7 nitrogen and oxygen atoms in total. The van der Waals surface area contributed by atoms with Gasteiger partial charge in [-0.1, -0.05) is 18.2 Å². The summed E-state index contributed by atoms with van der Waals surface area (Å²) in [6.45, 7) is 0. The van der Waals surface area contributed by atoms with Gasteiger partial charge in [-0.2, -0.15) is 0 Å². The molecule has 3 heterocycles. The number of H-pyrrole nitrogens is 2. The highest BCUT2D eigenvalue weighted by Crippen LogP contribution is 2.20. The van der Waals surface area contributed by atoms with Crippen LogP contribution in [-0.4, -0.2) is 32.8 Å². The number of imidazole rings is 1. The number of amides is 2. The fourth-order valence-corrected chi connectivity index (χ4v) is 2.84. The van der Waals surface area contributed by atoms with Crippen molar-refractivity contribution in [2.45, 2.75) is 12.5 Å². The van der Waals surface area contributed by atoms with Crippen LogP contribution < -0.4 is 10.6 Å². The first kappa shape index (κ1) is 14.3. The SMILES string of the molecule is O=C1NC(Cc2c[nH]c3ccccc23)C(=O)N/C1=C/c1ncc[nH]1. The molecule has 0 bridgehead atoms. The fourth-order valence-electron chi connectivity index (χ4n) is 2.84. The van der Waals surface area contributed by atoms with E-state index in [4.69, 9.17) is 0 Å². The maximum absolute atomic E-state index is 12.3. The maximum atomic E-state index is 12.3. The summed E-state index contributed by atoms with van der Waals surface area (Å²) >= 11 is 0. The highest BCUT2D eigenvalue weighted by molar-refractivity contribution is 6.07. The van der Waals surface area contributed by atoms with Gasteiger partial charge in [0, 0.05) is 42.0 Å². The van der Waals surface area contributed by atoms with Gasteiger partial charge in [0.2, 0.25) is 5.91 Å². The van der Waals surface area contributed by atoms with Crippen molar-refractivity contribution in [1.29, 1.82) is 0 Å². The molecule has 1 unspecified atom stereocenters. The van der Waals surface area contributed by atoms with Gasteiger partial charge in [-0.25, -0.2) is 4.98 Å². The lowest BCUT2D eigenvalue weighted by Gasteiger charge is -2.24. The van der Waals surface area contributed by atoms with Gasteiger partial charge in [-0.15, -0.1) is 0 Å². The molecule has 7 heteroatoms. The smallest absolute Gasteiger partial charge is 0.268 e. The van der Waals surface area contributed by atoms with Gasteiger partial charge >= 0.3 is 0 Å². The predicted molar refractivity (Wildman–Crippen MR) is 88.6 cm³/mol. The highest BCUT2D eigenvalue weighted by Gasteiger charge is 2.30. The molecule has 1 fully saturated rings. The molecule has 4 rings (SSSR count). The van der Waals surface area contributed by atoms with E-state index in [1.54, 1.807) is 12.4 Å². The second-order valence-electron chi connectivity index (χ2n) is 5.61. The second kappa shape index (κ2) is 5.69. The van der Waals surface area contributed by atoms with E-state index in [1.807, 2.05) is 30.5 Å². The number of rotatable bonds is 3. The topological polar surface area (TPSA) is 103 Å². The number of benzene rings is 1. The van der Waals surface area contributed by atoms with Crippen molar-refractivity contribution >= 4 is 28.8 Å². The third-order valence-electron chi connectivity index (χ3n) is 4.02. The van der Waals surface area contributed by atoms with Gasteiger partial charge < -0.3 is 20.6 Å². The number of nitrogens with zero attached hydrogens (tertiary/aromatic N) is 1. The van der Waals surface area contributed by atoms with E-state index in [1.165, 1.54) is 6.08 Å². The molecule has 0 saturated carbocycles. The van der Waals surface area contributed by atoms with Crippen LogP contribution in [0.25, 0.3) is 17.0 Å². The molecule has 1 aliphatic heterocycles. The van der Waals surface area contributed by atoms with E-state index in [9.17, 15) is 9.59 Å². The first-order valence-corrected chi connectivity index (χ1v) is 7.58. The standard InChI is InChI=1S/C17H15N5O2/c23-16-13(7-10-9-20-12-4-2-1-3-11(10)12)21-17(24)14(22-16)8-15-18-5-6-19-15/h1-6,8-9,13,20H,7H2,(H,18,19)(H,21,24)(H,22,23)/b14-8+. The zero-order chi connectivity index (χ0) is 16.5. The van der Waals surface area contributed by atoms with Crippen molar-refractivity contribution in [3.05, 3.63) is 59.9 Å². The summed E-state index contributed by atoms with van der Waals surface area (Å²) in [5.41, 5.74) is 2.18. The van der Waals surface area contributed by atoms with Crippen molar-refractivity contribution < 1.29 is 9.59 Å². The van der Waals surface area contributed by atoms with Crippen LogP contribution in [0.1, 0.15) is 11.4 Å². The van der Waals surface area contributed by atoms with Crippen molar-refractivity contribution in [1.82, 2.24) is 25.6 Å². The number of carbonyl (C=O) groups excluding carboxylic acids is 2. The summed E-state index contributed by atoms with van der Waals surface area (Å²) < 4.78 is 0. The minimum atomic E-state index is -0.606. The second-order valence-corrected chi connectivity index (χ2v) is 5.61. The third-order valence-corrected chi connectivity index (χ3v) is 4.02. The van der Waals surface area contributed by atoms with Crippen LogP contribution in [0, 0.1) is 0 Å². The van der Waals surface area contributed by atoms with Crippen molar-refractivity contribution in [2.24, 2.45) is 0 Å². The summed E-state index contributed by atoms with van der Waals surface area (Å²) in [5, 5.41) is 6.46. The maximum Gasteiger partial charge on any atom is 0.268 e. The average molecular weight is 321 g/mol. The van der Waals surface area contributed by atoms with Crippen LogP contribution in [0.3, 0.4) is 0 Å². The Labute approximate surface area is 137 Å². The van der Waals surface area contributed by atoms with E-state index in [0.29, 0.717) is 12.2 Å². The molecule has 0 spiro atoms. The molecular formula is C17H15N5O2. The number of aromatic nitrogens is 3. The molecule has 2 amide bonds. The summed E-state index contributed by atoms with van der Waals surface area (Å²) in [5.74, 6) is -0.0518. The normalized spacial score (nSPS) is 19.5. The van der Waals surface area contributed by atoms with Gasteiger partial charge in [0.1, 0.15) is 17.6 Å². The van der Waals surface area contributed by atoms with E-state index in [0.717, 1.165) is 16.5 Å². The summed E-state index contributed by atoms with van der Waals surface area (Å²) in [4.78, 5) is 34.6. The summed E-state index contributed by atoms with van der Waals surface area (Å²) in [6, 6.07) is 7.26. The van der Waals surface area contributed by atoms with Crippen molar-refractivity contribution in [3.8, 4) is 0 Å². The Bertz CT molecular complexity index is 939. The Morgan fingerprint density at radius 1 is 1.17 bits per heavy atom. The summed E-state index contributed by atoms with van der Waals surface area (Å²) in [6.07, 6.45) is 7.03. The Hall–Kier alpha value is -3.35. The number of nitrogens with one attached hydrogen (secondary N) is 4. The molecule has 1 atom stereocenters. The number of carbonyl (C=O) groups is 2. The van der Waals surface area contributed by atoms with Crippen LogP contribution in [0.4, 0.5) is 0 Å². The number of hydrogen-bond donors (Lipinski definition) is 4. The molecule has 1 aromatic carbocycles. The molecule has 4 N–H and O–H groups in total. The average Bonchev–Trinajstić information content (AvgIpc) is 3.22. The first-order valence-electron chi connectivity index (χ1n) is 7.58. The molecule has 120 valence electrons. The Balaban J connectivity index is 1.54. The van der Waals surface area contributed by atoms with Crippen LogP contribution in [0.2, 0.25) is 0 Å². The minimum Gasteiger partial charge on any atom is -0.361 e. The monoisotopic (exact) mass is 321 g/mol. The third kappa shape index (κ3) is 2.56.